The van der Waals surface area contributed by atoms with Crippen LogP contribution < -0.4 is 10.5 Å². The molecule has 0 spiro atoms. The van der Waals surface area contributed by atoms with E-state index < -0.39 is 0 Å². The van der Waals surface area contributed by atoms with Crippen LogP contribution in [0.4, 0.5) is 0 Å². The molecule has 2 rings (SSSR count). The monoisotopic (exact) mass is 220 g/mol. The molecular formula is C11H16N4O. The van der Waals surface area contributed by atoms with Gasteiger partial charge in [0.2, 0.25) is 0 Å². The molecule has 5 nitrogen and oxygen atoms in total. The summed E-state index contributed by atoms with van der Waals surface area (Å²) in [6.07, 6.45) is 1.84. The fourth-order valence-electron chi connectivity index (χ4n) is 1.63. The van der Waals surface area contributed by atoms with Gasteiger partial charge in [-0.2, -0.15) is 0 Å². The fourth-order valence-corrected chi connectivity index (χ4v) is 1.63. The zero-order chi connectivity index (χ0) is 11.7. The first-order valence-electron chi connectivity index (χ1n) is 5.30. The number of aryl methyl sites for hydroxylation is 1. The number of fused-ring (bicyclic) bond motifs is 1. The lowest BCUT2D eigenvalue weighted by atomic mass is 10.4. The van der Waals surface area contributed by atoms with Crippen LogP contribution in [0.5, 0.6) is 5.75 Å². The minimum atomic E-state index is 0.119. The maximum absolute atomic E-state index is 5.68. The Balaban J connectivity index is 2.59. The van der Waals surface area contributed by atoms with E-state index in [4.69, 9.17) is 10.5 Å². The Labute approximate surface area is 94.2 Å². The molecule has 2 N–H and O–H groups in total. The Bertz CT molecular complexity index is 504. The van der Waals surface area contributed by atoms with Gasteiger partial charge in [0.15, 0.2) is 11.4 Å². The molecule has 0 saturated heterocycles. The standard InChI is InChI=1S/C11H16N4O/c1-7(2)16-8-4-5-13-11-10(8)14-9(6-12)15(11)3/h4-5,7H,6,12H2,1-3H3. The molecule has 0 aromatic carbocycles. The molecule has 5 heteroatoms. The summed E-state index contributed by atoms with van der Waals surface area (Å²) in [7, 11) is 1.91. The average molecular weight is 220 g/mol. The van der Waals surface area contributed by atoms with Crippen molar-refractivity contribution in [1.82, 2.24) is 14.5 Å². The minimum absolute atomic E-state index is 0.119. The lowest BCUT2D eigenvalue weighted by Crippen LogP contribution is -2.06. The van der Waals surface area contributed by atoms with Gasteiger partial charge in [-0.15, -0.1) is 0 Å². The zero-order valence-corrected chi connectivity index (χ0v) is 9.77. The van der Waals surface area contributed by atoms with E-state index >= 15 is 0 Å². The van der Waals surface area contributed by atoms with Crippen molar-refractivity contribution < 1.29 is 4.74 Å². The second-order valence-corrected chi connectivity index (χ2v) is 3.94. The minimum Gasteiger partial charge on any atom is -0.489 e. The molecule has 2 aromatic rings. The van der Waals surface area contributed by atoms with Crippen molar-refractivity contribution in [3.8, 4) is 5.75 Å². The van der Waals surface area contributed by atoms with Crippen molar-refractivity contribution in [2.45, 2.75) is 26.5 Å². The normalized spacial score (nSPS) is 11.3. The Hall–Kier alpha value is -1.62. The molecule has 0 aliphatic carbocycles. The highest BCUT2D eigenvalue weighted by Crippen LogP contribution is 2.24. The summed E-state index contributed by atoms with van der Waals surface area (Å²) in [5.74, 6) is 1.57. The summed E-state index contributed by atoms with van der Waals surface area (Å²) < 4.78 is 7.58. The number of aromatic nitrogens is 3. The Morgan fingerprint density at radius 1 is 1.50 bits per heavy atom. The average Bonchev–Trinajstić information content (AvgIpc) is 2.56. The van der Waals surface area contributed by atoms with Gasteiger partial charge in [0, 0.05) is 19.3 Å². The molecule has 0 bridgehead atoms. The fraction of sp³-hybridized carbons (Fsp3) is 0.455. The van der Waals surface area contributed by atoms with Crippen molar-refractivity contribution in [1.29, 1.82) is 0 Å². The van der Waals surface area contributed by atoms with Gasteiger partial charge >= 0.3 is 0 Å². The molecule has 0 radical (unpaired) electrons. The number of nitrogens with zero attached hydrogens (tertiary/aromatic N) is 3. The molecule has 2 heterocycles. The molecule has 0 aliphatic heterocycles. The summed E-state index contributed by atoms with van der Waals surface area (Å²) in [5.41, 5.74) is 7.20. The van der Waals surface area contributed by atoms with Crippen LogP contribution in [-0.4, -0.2) is 20.6 Å². The number of hydrogen-bond donors (Lipinski definition) is 1. The first-order chi connectivity index (χ1) is 7.63. The maximum Gasteiger partial charge on any atom is 0.163 e. The molecule has 0 unspecified atom stereocenters. The van der Waals surface area contributed by atoms with E-state index in [0.29, 0.717) is 6.54 Å². The highest BCUT2D eigenvalue weighted by atomic mass is 16.5. The van der Waals surface area contributed by atoms with E-state index in [-0.39, 0.29) is 6.10 Å². The van der Waals surface area contributed by atoms with Crippen LogP contribution in [0.2, 0.25) is 0 Å². The van der Waals surface area contributed by atoms with E-state index in [1.807, 2.05) is 31.5 Å². The Morgan fingerprint density at radius 3 is 2.88 bits per heavy atom. The van der Waals surface area contributed by atoms with E-state index in [1.165, 1.54) is 0 Å². The molecule has 86 valence electrons. The summed E-state index contributed by atoms with van der Waals surface area (Å²) in [6, 6.07) is 1.83. The predicted molar refractivity (Wildman–Crippen MR) is 62.2 cm³/mol. The Morgan fingerprint density at radius 2 is 2.25 bits per heavy atom. The van der Waals surface area contributed by atoms with Crippen LogP contribution in [-0.2, 0) is 13.6 Å². The highest BCUT2D eigenvalue weighted by Gasteiger charge is 2.12. The SMILES string of the molecule is CC(C)Oc1ccnc2c1nc(CN)n2C. The van der Waals surface area contributed by atoms with Gasteiger partial charge in [-0.1, -0.05) is 0 Å². The lowest BCUT2D eigenvalue weighted by molar-refractivity contribution is 0.245. The summed E-state index contributed by atoms with van der Waals surface area (Å²) in [6.45, 7) is 4.37. The summed E-state index contributed by atoms with van der Waals surface area (Å²) in [4.78, 5) is 8.72. The van der Waals surface area contributed by atoms with Crippen LogP contribution in [0.3, 0.4) is 0 Å². The third-order valence-corrected chi connectivity index (χ3v) is 2.36. The van der Waals surface area contributed by atoms with Gasteiger partial charge in [-0.25, -0.2) is 9.97 Å². The number of pyridine rings is 1. The highest BCUT2D eigenvalue weighted by molar-refractivity contribution is 5.78. The van der Waals surface area contributed by atoms with E-state index in [0.717, 1.165) is 22.7 Å². The van der Waals surface area contributed by atoms with Gasteiger partial charge in [0.05, 0.1) is 12.6 Å². The quantitative estimate of drug-likeness (QED) is 0.844. The van der Waals surface area contributed by atoms with Gasteiger partial charge in [-0.05, 0) is 13.8 Å². The van der Waals surface area contributed by atoms with Crippen LogP contribution in [0.15, 0.2) is 12.3 Å². The topological polar surface area (TPSA) is 66.0 Å². The second-order valence-electron chi connectivity index (χ2n) is 3.94. The van der Waals surface area contributed by atoms with Gasteiger partial charge in [-0.3, -0.25) is 0 Å². The van der Waals surface area contributed by atoms with E-state index in [9.17, 15) is 0 Å². The number of hydrogen-bond acceptors (Lipinski definition) is 4. The number of ether oxygens (including phenoxy) is 1. The molecule has 0 fully saturated rings. The third kappa shape index (κ3) is 1.74. The maximum atomic E-state index is 5.68. The first kappa shape index (κ1) is 10.9. The molecular weight excluding hydrogens is 204 g/mol. The largest absolute Gasteiger partial charge is 0.489 e. The second kappa shape index (κ2) is 4.09. The van der Waals surface area contributed by atoms with Gasteiger partial charge in [0.25, 0.3) is 0 Å². The lowest BCUT2D eigenvalue weighted by Gasteiger charge is -2.09. The van der Waals surface area contributed by atoms with Crippen LogP contribution in [0.25, 0.3) is 11.2 Å². The van der Waals surface area contributed by atoms with Crippen molar-refractivity contribution in [3.63, 3.8) is 0 Å². The van der Waals surface area contributed by atoms with Gasteiger partial charge in [0.1, 0.15) is 11.3 Å². The first-order valence-corrected chi connectivity index (χ1v) is 5.30. The molecule has 0 aliphatic rings. The third-order valence-electron chi connectivity index (χ3n) is 2.36. The van der Waals surface area contributed by atoms with Crippen molar-refractivity contribution in [3.05, 3.63) is 18.1 Å². The van der Waals surface area contributed by atoms with Crippen LogP contribution in [0.1, 0.15) is 19.7 Å². The number of nitrogens with two attached hydrogens (primary N) is 1. The van der Waals surface area contributed by atoms with Crippen molar-refractivity contribution >= 4 is 11.2 Å². The van der Waals surface area contributed by atoms with E-state index in [2.05, 4.69) is 9.97 Å². The molecule has 0 saturated carbocycles. The van der Waals surface area contributed by atoms with E-state index in [1.54, 1.807) is 6.20 Å². The van der Waals surface area contributed by atoms with Crippen LogP contribution >= 0.6 is 0 Å². The predicted octanol–water partition coefficient (Wildman–Crippen LogP) is 1.21. The molecule has 2 aromatic heterocycles. The summed E-state index contributed by atoms with van der Waals surface area (Å²) >= 11 is 0. The van der Waals surface area contributed by atoms with Crippen molar-refractivity contribution in [2.75, 3.05) is 0 Å². The molecule has 0 amide bonds. The Kier molecular flexibility index (Phi) is 2.78. The zero-order valence-electron chi connectivity index (χ0n) is 9.77. The number of imidazole rings is 1. The smallest absolute Gasteiger partial charge is 0.163 e. The molecule has 0 atom stereocenters. The van der Waals surface area contributed by atoms with Gasteiger partial charge < -0.3 is 15.0 Å². The number of rotatable bonds is 3. The van der Waals surface area contributed by atoms with Crippen LogP contribution in [0, 0.1) is 0 Å². The molecule has 16 heavy (non-hydrogen) atoms. The summed E-state index contributed by atoms with van der Waals surface area (Å²) in [5, 5.41) is 0. The van der Waals surface area contributed by atoms with Crippen molar-refractivity contribution in [2.24, 2.45) is 12.8 Å².